The van der Waals surface area contributed by atoms with Crippen molar-refractivity contribution in [2.75, 3.05) is 5.32 Å². The summed E-state index contributed by atoms with van der Waals surface area (Å²) in [6.07, 6.45) is 2.90. The van der Waals surface area contributed by atoms with E-state index in [4.69, 9.17) is 4.74 Å². The van der Waals surface area contributed by atoms with Crippen LogP contribution in [0.2, 0.25) is 0 Å². The highest BCUT2D eigenvalue weighted by Crippen LogP contribution is 2.34. The molecule has 0 bridgehead atoms. The number of nitrogens with zero attached hydrogens (tertiary/aromatic N) is 4. The zero-order valence-corrected chi connectivity index (χ0v) is 21.8. The fraction of sp³-hybridized carbons (Fsp3) is 0.207. The summed E-state index contributed by atoms with van der Waals surface area (Å²) in [7, 11) is 0. The molecule has 0 spiro atoms. The Morgan fingerprint density at radius 3 is 2.54 bits per heavy atom. The Morgan fingerprint density at radius 2 is 1.82 bits per heavy atom. The van der Waals surface area contributed by atoms with E-state index in [0.717, 1.165) is 0 Å². The number of nitrogens with one attached hydrogen (secondary N) is 1. The molecule has 5 rings (SSSR count). The number of halogens is 1. The van der Waals surface area contributed by atoms with E-state index in [1.54, 1.807) is 67.9 Å². The molecule has 0 aliphatic carbocycles. The first-order chi connectivity index (χ1) is 18.6. The van der Waals surface area contributed by atoms with Crippen molar-refractivity contribution >= 4 is 39.8 Å². The van der Waals surface area contributed by atoms with Crippen LogP contribution in [0.15, 0.2) is 60.9 Å². The van der Waals surface area contributed by atoms with E-state index in [2.05, 4.69) is 20.3 Å². The van der Waals surface area contributed by atoms with Crippen LogP contribution in [-0.2, 0) is 11.2 Å². The molecule has 0 aliphatic heterocycles. The Labute approximate surface area is 223 Å². The zero-order chi connectivity index (χ0) is 27.9. The standard InChI is InChI=1S/C29H26FN5O4/c1-5-24-34-26-18(27(36)37)13-17(16-9-11-32-23(15-16)33-28(38)39-29(2,3)4)14-22(26)35(24)21-10-12-31-20-8-6-7-19(30)25(20)21/h6-15H,5H2,1-4H3,(H,36,37)(H,32,33,38). The average Bonchev–Trinajstić information content (AvgIpc) is 3.25. The molecule has 5 aromatic rings. The lowest BCUT2D eigenvalue weighted by molar-refractivity contribution is 0.0633. The van der Waals surface area contributed by atoms with Crippen LogP contribution in [0.1, 0.15) is 43.9 Å². The molecule has 2 aromatic carbocycles. The summed E-state index contributed by atoms with van der Waals surface area (Å²) in [6.45, 7) is 7.16. The van der Waals surface area contributed by atoms with Crippen LogP contribution >= 0.6 is 0 Å². The van der Waals surface area contributed by atoms with E-state index in [9.17, 15) is 14.7 Å². The minimum Gasteiger partial charge on any atom is -0.478 e. The number of aryl methyl sites for hydroxylation is 1. The molecule has 9 nitrogen and oxygen atoms in total. The van der Waals surface area contributed by atoms with Gasteiger partial charge in [0, 0.05) is 18.8 Å². The summed E-state index contributed by atoms with van der Waals surface area (Å²) < 4.78 is 22.1. The summed E-state index contributed by atoms with van der Waals surface area (Å²) in [5.41, 5.74) is 2.23. The van der Waals surface area contributed by atoms with Gasteiger partial charge < -0.3 is 9.84 Å². The van der Waals surface area contributed by atoms with Crippen LogP contribution in [-0.4, -0.2) is 42.3 Å². The van der Waals surface area contributed by atoms with Gasteiger partial charge in [-0.3, -0.25) is 14.9 Å². The van der Waals surface area contributed by atoms with Crippen molar-refractivity contribution in [1.82, 2.24) is 19.5 Å². The number of ether oxygens (including phenoxy) is 1. The Bertz CT molecular complexity index is 1750. The lowest BCUT2D eigenvalue weighted by Crippen LogP contribution is -2.27. The van der Waals surface area contributed by atoms with Crippen molar-refractivity contribution in [3.63, 3.8) is 0 Å². The molecule has 10 heteroatoms. The number of pyridine rings is 2. The zero-order valence-electron chi connectivity index (χ0n) is 21.8. The highest BCUT2D eigenvalue weighted by atomic mass is 19.1. The molecule has 0 unspecified atom stereocenters. The predicted octanol–water partition coefficient (Wildman–Crippen LogP) is 6.38. The molecule has 0 saturated carbocycles. The second kappa shape index (κ2) is 9.79. The predicted molar refractivity (Wildman–Crippen MR) is 146 cm³/mol. The number of hydrogen-bond donors (Lipinski definition) is 2. The first kappa shape index (κ1) is 25.8. The first-order valence-electron chi connectivity index (χ1n) is 12.3. The third-order valence-corrected chi connectivity index (χ3v) is 6.03. The van der Waals surface area contributed by atoms with Crippen LogP contribution in [0.4, 0.5) is 15.0 Å². The molecule has 3 aromatic heterocycles. The third kappa shape index (κ3) is 5.00. The monoisotopic (exact) mass is 527 g/mol. The highest BCUT2D eigenvalue weighted by molar-refractivity contribution is 6.04. The summed E-state index contributed by atoms with van der Waals surface area (Å²) in [5.74, 6) is -0.784. The molecule has 0 aliphatic rings. The maximum atomic E-state index is 15.1. The van der Waals surface area contributed by atoms with Gasteiger partial charge >= 0.3 is 12.1 Å². The van der Waals surface area contributed by atoms with Crippen molar-refractivity contribution in [3.8, 4) is 16.8 Å². The normalized spacial score (nSPS) is 11.6. The quantitative estimate of drug-likeness (QED) is 0.272. The number of carboxylic acids is 1. The molecular formula is C29H26FN5O4. The lowest BCUT2D eigenvalue weighted by atomic mass is 10.0. The third-order valence-electron chi connectivity index (χ3n) is 6.03. The number of carbonyl (C=O) groups is 2. The Hall–Kier alpha value is -4.86. The van der Waals surface area contributed by atoms with Crippen LogP contribution in [0, 0.1) is 5.82 Å². The second-order valence-electron chi connectivity index (χ2n) is 9.93. The van der Waals surface area contributed by atoms with Gasteiger partial charge in [0.1, 0.15) is 28.6 Å². The Morgan fingerprint density at radius 1 is 1.05 bits per heavy atom. The number of rotatable bonds is 5. The fourth-order valence-electron chi connectivity index (χ4n) is 4.48. The van der Waals surface area contributed by atoms with Crippen LogP contribution < -0.4 is 5.32 Å². The van der Waals surface area contributed by atoms with Crippen molar-refractivity contribution in [3.05, 3.63) is 78.1 Å². The molecule has 2 N–H and O–H groups in total. The van der Waals surface area contributed by atoms with Crippen LogP contribution in [0.5, 0.6) is 0 Å². The van der Waals surface area contributed by atoms with E-state index in [0.29, 0.717) is 45.5 Å². The molecule has 39 heavy (non-hydrogen) atoms. The number of imidazole rings is 1. The largest absolute Gasteiger partial charge is 0.478 e. The van der Waals surface area contributed by atoms with Gasteiger partial charge in [0.2, 0.25) is 0 Å². The number of benzene rings is 2. The van der Waals surface area contributed by atoms with Gasteiger partial charge in [-0.2, -0.15) is 0 Å². The molecule has 1 amide bonds. The van der Waals surface area contributed by atoms with Crippen molar-refractivity contribution in [2.45, 2.75) is 39.7 Å². The minimum atomic E-state index is -1.15. The SMILES string of the molecule is CCc1nc2c(C(=O)O)cc(-c3ccnc(NC(=O)OC(C)(C)C)c3)cc2n1-c1ccnc2cccc(F)c12. The summed E-state index contributed by atoms with van der Waals surface area (Å²) in [6, 6.07) is 13.0. The number of hydrogen-bond acceptors (Lipinski definition) is 6. The summed E-state index contributed by atoms with van der Waals surface area (Å²) >= 11 is 0. The average molecular weight is 528 g/mol. The van der Waals surface area contributed by atoms with Crippen molar-refractivity contribution in [1.29, 1.82) is 0 Å². The van der Waals surface area contributed by atoms with Crippen molar-refractivity contribution < 1.29 is 23.8 Å². The van der Waals surface area contributed by atoms with Crippen LogP contribution in [0.25, 0.3) is 38.8 Å². The number of carboxylic acid groups (broad SMARTS) is 1. The molecule has 0 atom stereocenters. The minimum absolute atomic E-state index is 0.00625. The van der Waals surface area contributed by atoms with E-state index in [1.165, 1.54) is 18.3 Å². The second-order valence-corrected chi connectivity index (χ2v) is 9.93. The molecule has 0 fully saturated rings. The number of carbonyl (C=O) groups excluding carboxylic acids is 1. The molecule has 0 radical (unpaired) electrons. The first-order valence-corrected chi connectivity index (χ1v) is 12.3. The number of fused-ring (bicyclic) bond motifs is 2. The van der Waals surface area contributed by atoms with Crippen LogP contribution in [0.3, 0.4) is 0 Å². The fourth-order valence-corrected chi connectivity index (χ4v) is 4.48. The molecule has 0 saturated heterocycles. The molecular weight excluding hydrogens is 501 g/mol. The lowest BCUT2D eigenvalue weighted by Gasteiger charge is -2.19. The van der Waals surface area contributed by atoms with E-state index < -0.39 is 23.5 Å². The summed E-state index contributed by atoms with van der Waals surface area (Å²) in [5, 5.41) is 13.0. The van der Waals surface area contributed by atoms with Gasteiger partial charge in [0.05, 0.1) is 27.7 Å². The number of aromatic carboxylic acids is 1. The van der Waals surface area contributed by atoms with Gasteiger partial charge in [0.25, 0.3) is 0 Å². The topological polar surface area (TPSA) is 119 Å². The van der Waals surface area contributed by atoms with Crippen molar-refractivity contribution in [2.24, 2.45) is 0 Å². The maximum absolute atomic E-state index is 15.1. The van der Waals surface area contributed by atoms with Gasteiger partial charge in [-0.25, -0.2) is 23.9 Å². The Kier molecular flexibility index (Phi) is 6.47. The Balaban J connectivity index is 1.71. The maximum Gasteiger partial charge on any atom is 0.413 e. The number of anilines is 1. The number of aromatic nitrogens is 4. The molecule has 3 heterocycles. The van der Waals surface area contributed by atoms with Gasteiger partial charge in [0.15, 0.2) is 0 Å². The smallest absolute Gasteiger partial charge is 0.413 e. The molecule has 198 valence electrons. The highest BCUT2D eigenvalue weighted by Gasteiger charge is 2.22. The number of amides is 1. The van der Waals surface area contributed by atoms with Gasteiger partial charge in [-0.1, -0.05) is 13.0 Å². The van der Waals surface area contributed by atoms with Gasteiger partial charge in [-0.15, -0.1) is 0 Å². The van der Waals surface area contributed by atoms with E-state index >= 15 is 4.39 Å². The summed E-state index contributed by atoms with van der Waals surface area (Å²) in [4.78, 5) is 37.7. The van der Waals surface area contributed by atoms with E-state index in [1.807, 2.05) is 6.92 Å². The van der Waals surface area contributed by atoms with Gasteiger partial charge in [-0.05, 0) is 74.4 Å². The van der Waals surface area contributed by atoms with E-state index in [-0.39, 0.29) is 16.9 Å².